The van der Waals surface area contributed by atoms with Crippen LogP contribution in [-0.4, -0.2) is 43.6 Å². The van der Waals surface area contributed by atoms with Crippen molar-refractivity contribution in [2.75, 3.05) is 36.2 Å². The van der Waals surface area contributed by atoms with Gasteiger partial charge < -0.3 is 25.8 Å². The fraction of sp³-hybridized carbons (Fsp3) is 0.391. The third-order valence-corrected chi connectivity index (χ3v) is 4.96. The zero-order valence-electron chi connectivity index (χ0n) is 18.8. The Morgan fingerprint density at radius 1 is 1.03 bits per heavy atom. The number of benzene rings is 2. The summed E-state index contributed by atoms with van der Waals surface area (Å²) < 4.78 is 13.5. The second-order valence-corrected chi connectivity index (χ2v) is 7.55. The minimum absolute atomic E-state index is 0.0522. The number of urea groups is 2. The topological polar surface area (TPSA) is 76.7 Å². The van der Waals surface area contributed by atoms with E-state index in [1.165, 1.54) is 12.1 Å². The summed E-state index contributed by atoms with van der Waals surface area (Å²) in [5.74, 6) is -0.410. The van der Waals surface area contributed by atoms with Gasteiger partial charge in [0, 0.05) is 50.3 Å². The Hall–Kier alpha value is -3.29. The molecular weight excluding hydrogens is 397 g/mol. The summed E-state index contributed by atoms with van der Waals surface area (Å²) in [4.78, 5) is 28.7. The van der Waals surface area contributed by atoms with Crippen LogP contribution in [0.1, 0.15) is 32.8 Å². The zero-order valence-corrected chi connectivity index (χ0v) is 18.8. The number of carbonyl (C=O) groups excluding carboxylic acids is 2. The molecule has 0 aliphatic heterocycles. The Kier molecular flexibility index (Phi) is 8.66. The largest absolute Gasteiger partial charge is 0.377 e. The summed E-state index contributed by atoms with van der Waals surface area (Å²) in [6, 6.07) is 10.8. The highest BCUT2D eigenvalue weighted by atomic mass is 19.1. The molecule has 0 aliphatic rings. The van der Waals surface area contributed by atoms with Crippen LogP contribution < -0.4 is 20.9 Å². The maximum absolute atomic E-state index is 13.5. The molecule has 0 spiro atoms. The van der Waals surface area contributed by atoms with Crippen molar-refractivity contribution in [2.24, 2.45) is 0 Å². The lowest BCUT2D eigenvalue weighted by Crippen LogP contribution is -2.41. The number of anilines is 3. The number of halogens is 1. The lowest BCUT2D eigenvalue weighted by molar-refractivity contribution is 0.187. The van der Waals surface area contributed by atoms with Gasteiger partial charge in [0.15, 0.2) is 0 Å². The maximum Gasteiger partial charge on any atom is 0.322 e. The second-order valence-electron chi connectivity index (χ2n) is 7.55. The van der Waals surface area contributed by atoms with E-state index in [2.05, 4.69) is 16.0 Å². The number of nitrogens with zero attached hydrogens (tertiary/aromatic N) is 2. The minimum atomic E-state index is -0.410. The summed E-state index contributed by atoms with van der Waals surface area (Å²) in [5, 5.41) is 8.30. The summed E-state index contributed by atoms with van der Waals surface area (Å²) in [6.45, 7) is 6.68. The number of rotatable bonds is 8. The van der Waals surface area contributed by atoms with E-state index in [4.69, 9.17) is 0 Å². The Labute approximate surface area is 183 Å². The number of amides is 4. The fourth-order valence-corrected chi connectivity index (χ4v) is 3.16. The van der Waals surface area contributed by atoms with Gasteiger partial charge in [0.05, 0.1) is 0 Å². The Bertz CT molecular complexity index is 903. The van der Waals surface area contributed by atoms with Gasteiger partial charge in [0.2, 0.25) is 0 Å². The predicted molar refractivity (Wildman–Crippen MR) is 124 cm³/mol. The molecule has 0 fully saturated rings. The van der Waals surface area contributed by atoms with E-state index >= 15 is 0 Å². The molecule has 0 bridgehead atoms. The van der Waals surface area contributed by atoms with Crippen molar-refractivity contribution in [1.29, 1.82) is 0 Å². The first-order valence-electron chi connectivity index (χ1n) is 10.4. The molecule has 8 heteroatoms. The highest BCUT2D eigenvalue weighted by Crippen LogP contribution is 2.26. The molecule has 0 saturated heterocycles. The molecule has 168 valence electrons. The van der Waals surface area contributed by atoms with Gasteiger partial charge in [-0.15, -0.1) is 0 Å². The van der Waals surface area contributed by atoms with Crippen LogP contribution in [-0.2, 0) is 6.54 Å². The molecule has 0 aromatic heterocycles. The Balaban J connectivity index is 2.31. The quantitative estimate of drug-likeness (QED) is 0.561. The van der Waals surface area contributed by atoms with E-state index in [1.807, 2.05) is 58.0 Å². The average Bonchev–Trinajstić information content (AvgIpc) is 2.71. The van der Waals surface area contributed by atoms with Crippen LogP contribution in [0.5, 0.6) is 0 Å². The molecule has 0 saturated carbocycles. The van der Waals surface area contributed by atoms with Crippen LogP contribution in [0.15, 0.2) is 42.5 Å². The lowest BCUT2D eigenvalue weighted by Gasteiger charge is -2.31. The van der Waals surface area contributed by atoms with Gasteiger partial charge >= 0.3 is 12.1 Å². The van der Waals surface area contributed by atoms with E-state index in [1.54, 1.807) is 17.0 Å². The van der Waals surface area contributed by atoms with E-state index in [-0.39, 0.29) is 18.1 Å². The number of carbonyl (C=O) groups is 2. The molecule has 3 N–H and O–H groups in total. The van der Waals surface area contributed by atoms with Crippen LogP contribution in [0.2, 0.25) is 0 Å². The van der Waals surface area contributed by atoms with Crippen molar-refractivity contribution in [3.05, 3.63) is 53.8 Å². The van der Waals surface area contributed by atoms with Crippen molar-refractivity contribution in [3.63, 3.8) is 0 Å². The van der Waals surface area contributed by atoms with Gasteiger partial charge in [-0.1, -0.05) is 13.0 Å². The van der Waals surface area contributed by atoms with E-state index in [9.17, 15) is 14.0 Å². The molecule has 7 nitrogen and oxygen atoms in total. The molecule has 2 aromatic carbocycles. The van der Waals surface area contributed by atoms with Gasteiger partial charge in [0.1, 0.15) is 5.82 Å². The van der Waals surface area contributed by atoms with Gasteiger partial charge in [-0.2, -0.15) is 0 Å². The molecule has 31 heavy (non-hydrogen) atoms. The highest BCUT2D eigenvalue weighted by Gasteiger charge is 2.22. The normalized spacial score (nSPS) is 11.4. The molecule has 0 unspecified atom stereocenters. The van der Waals surface area contributed by atoms with Gasteiger partial charge in [0.25, 0.3) is 0 Å². The monoisotopic (exact) mass is 429 g/mol. The zero-order chi connectivity index (χ0) is 23.0. The molecule has 0 heterocycles. The second kappa shape index (κ2) is 11.2. The molecule has 4 amide bonds. The molecule has 0 aliphatic carbocycles. The number of nitrogens with one attached hydrogen (secondary N) is 3. The molecule has 2 aromatic rings. The van der Waals surface area contributed by atoms with Gasteiger partial charge in [-0.05, 0) is 62.2 Å². The lowest BCUT2D eigenvalue weighted by atomic mass is 10.1. The standard InChI is InChI=1S/C23H32FN5O2/c1-6-16(3)29(23(31)27-19-10-8-9-18(24)14-19)15-17-13-20(26-22(30)25-7-2)11-12-21(17)28(4)5/h8-14,16H,6-7,15H2,1-5H3,(H,27,31)(H2,25,26,30)/t16-/m1/s1. The van der Waals surface area contributed by atoms with E-state index < -0.39 is 5.82 Å². The summed E-state index contributed by atoms with van der Waals surface area (Å²) in [7, 11) is 3.85. The van der Waals surface area contributed by atoms with Crippen LogP contribution in [0, 0.1) is 5.82 Å². The molecule has 2 rings (SSSR count). The van der Waals surface area contributed by atoms with Crippen LogP contribution >= 0.6 is 0 Å². The summed E-state index contributed by atoms with van der Waals surface area (Å²) in [6.07, 6.45) is 0.755. The van der Waals surface area contributed by atoms with E-state index in [0.717, 1.165) is 17.7 Å². The van der Waals surface area contributed by atoms with Crippen LogP contribution in [0.3, 0.4) is 0 Å². The van der Waals surface area contributed by atoms with Crippen LogP contribution in [0.25, 0.3) is 0 Å². The first-order valence-corrected chi connectivity index (χ1v) is 10.4. The SMILES string of the molecule is CCNC(=O)Nc1ccc(N(C)C)c(CN(C(=O)Nc2cccc(F)c2)[C@H](C)CC)c1. The smallest absolute Gasteiger partial charge is 0.322 e. The van der Waals surface area contributed by atoms with Crippen molar-refractivity contribution in [1.82, 2.24) is 10.2 Å². The predicted octanol–water partition coefficient (Wildman–Crippen LogP) is 4.87. The van der Waals surface area contributed by atoms with Crippen molar-refractivity contribution >= 4 is 29.1 Å². The third kappa shape index (κ3) is 6.87. The summed E-state index contributed by atoms with van der Waals surface area (Å²) in [5.41, 5.74) is 2.86. The highest BCUT2D eigenvalue weighted by molar-refractivity contribution is 5.90. The number of hydrogen-bond donors (Lipinski definition) is 3. The summed E-state index contributed by atoms with van der Waals surface area (Å²) >= 11 is 0. The van der Waals surface area contributed by atoms with Crippen LogP contribution in [0.4, 0.5) is 31.0 Å². The Morgan fingerprint density at radius 3 is 2.35 bits per heavy atom. The molecular formula is C23H32FN5O2. The molecule has 1 atom stereocenters. The van der Waals surface area contributed by atoms with Crippen molar-refractivity contribution in [2.45, 2.75) is 39.8 Å². The average molecular weight is 430 g/mol. The maximum atomic E-state index is 13.5. The molecule has 0 radical (unpaired) electrons. The Morgan fingerprint density at radius 2 is 1.74 bits per heavy atom. The number of hydrogen-bond acceptors (Lipinski definition) is 3. The van der Waals surface area contributed by atoms with Gasteiger partial charge in [-0.25, -0.2) is 14.0 Å². The van der Waals surface area contributed by atoms with Crippen molar-refractivity contribution in [3.8, 4) is 0 Å². The first-order chi connectivity index (χ1) is 14.7. The fourth-order valence-electron chi connectivity index (χ4n) is 3.16. The minimum Gasteiger partial charge on any atom is -0.377 e. The van der Waals surface area contributed by atoms with Crippen molar-refractivity contribution < 1.29 is 14.0 Å². The third-order valence-electron chi connectivity index (χ3n) is 4.96. The van der Waals surface area contributed by atoms with E-state index in [0.29, 0.717) is 24.5 Å². The first kappa shape index (κ1) is 24.0. The van der Waals surface area contributed by atoms with Gasteiger partial charge in [-0.3, -0.25) is 0 Å².